The van der Waals surface area contributed by atoms with Gasteiger partial charge in [0.05, 0.1) is 0 Å². The molecule has 0 aliphatic rings. The van der Waals surface area contributed by atoms with Crippen LogP contribution in [0.1, 0.15) is 0 Å². The molecule has 0 fully saturated rings. The Morgan fingerprint density at radius 1 is 1.00 bits per heavy atom. The molecule has 6 nitrogen and oxygen atoms in total. The molecule has 0 spiro atoms. The number of rotatable bonds is 0. The van der Waals surface area contributed by atoms with E-state index in [2.05, 4.69) is 0 Å². The molecular formula is H6MgO6S. The highest BCUT2D eigenvalue weighted by molar-refractivity contribution is 7.79. The minimum absolute atomic E-state index is 0. The molecule has 0 aromatic carbocycles. The van der Waals surface area contributed by atoms with Crippen LogP contribution in [0.5, 0.6) is 0 Å². The van der Waals surface area contributed by atoms with E-state index in [1.807, 2.05) is 0 Å². The van der Waals surface area contributed by atoms with E-state index < -0.39 is 10.4 Å². The number of hydrogen-bond donors (Lipinski definition) is 2. The van der Waals surface area contributed by atoms with Crippen LogP contribution < -0.4 is 0 Å². The lowest BCUT2D eigenvalue weighted by molar-refractivity contribution is 0.381. The van der Waals surface area contributed by atoms with Crippen molar-refractivity contribution in [3.05, 3.63) is 0 Å². The van der Waals surface area contributed by atoms with Crippen LogP contribution >= 0.6 is 0 Å². The van der Waals surface area contributed by atoms with Crippen LogP contribution in [0.2, 0.25) is 0 Å². The summed E-state index contributed by atoms with van der Waals surface area (Å²) in [5.41, 5.74) is 0. The molecule has 6 N–H and O–H groups in total. The maximum absolute atomic E-state index is 8.74. The summed E-state index contributed by atoms with van der Waals surface area (Å²) < 4.78 is 31.6. The Bertz CT molecular complexity index is 91.7. The van der Waals surface area contributed by atoms with Gasteiger partial charge in [0.1, 0.15) is 0 Å². The van der Waals surface area contributed by atoms with Crippen molar-refractivity contribution in [2.24, 2.45) is 0 Å². The summed E-state index contributed by atoms with van der Waals surface area (Å²) in [7, 11) is -4.67. The first kappa shape index (κ1) is 23.5. The molecule has 0 aromatic heterocycles. The van der Waals surface area contributed by atoms with Crippen LogP contribution in [0.15, 0.2) is 0 Å². The van der Waals surface area contributed by atoms with E-state index >= 15 is 0 Å². The summed E-state index contributed by atoms with van der Waals surface area (Å²) in [4.78, 5) is 0. The van der Waals surface area contributed by atoms with Crippen LogP contribution in [0.3, 0.4) is 0 Å². The van der Waals surface area contributed by atoms with Crippen molar-refractivity contribution in [1.82, 2.24) is 0 Å². The highest BCUT2D eigenvalue weighted by Gasteiger charge is 1.84. The first-order chi connectivity index (χ1) is 2.00. The van der Waals surface area contributed by atoms with Crippen molar-refractivity contribution in [3.8, 4) is 0 Å². The van der Waals surface area contributed by atoms with E-state index in [9.17, 15) is 0 Å². The minimum Gasteiger partial charge on any atom is -0.412 e. The molecule has 2 radical (unpaired) electrons. The van der Waals surface area contributed by atoms with Crippen LogP contribution in [0.25, 0.3) is 0 Å². The van der Waals surface area contributed by atoms with Gasteiger partial charge in [-0.25, -0.2) is 0 Å². The predicted molar refractivity (Wildman–Crippen MR) is 27.2 cm³/mol. The third kappa shape index (κ3) is 654. The van der Waals surface area contributed by atoms with Gasteiger partial charge in [0.2, 0.25) is 0 Å². The van der Waals surface area contributed by atoms with Crippen molar-refractivity contribution >= 4 is 33.5 Å². The van der Waals surface area contributed by atoms with E-state index in [4.69, 9.17) is 17.5 Å². The average Bonchev–Trinajstić information content (AvgIpc) is 0.722. The Kier molecular flexibility index (Phi) is 22.2. The quantitative estimate of drug-likeness (QED) is 0.293. The van der Waals surface area contributed by atoms with Crippen molar-refractivity contribution in [3.63, 3.8) is 0 Å². The van der Waals surface area contributed by atoms with Gasteiger partial charge < -0.3 is 11.0 Å². The molecule has 50 valence electrons. The van der Waals surface area contributed by atoms with Crippen molar-refractivity contribution in [1.29, 1.82) is 0 Å². The Morgan fingerprint density at radius 2 is 1.00 bits per heavy atom. The smallest absolute Gasteiger partial charge is 0.394 e. The second kappa shape index (κ2) is 7.56. The normalized spacial score (nSPS) is 7.25. The van der Waals surface area contributed by atoms with E-state index in [0.717, 1.165) is 0 Å². The second-order valence-electron chi connectivity index (χ2n) is 0.448. The molecular weight excluding hydrogens is 152 g/mol. The fourth-order valence-corrected chi connectivity index (χ4v) is 0. The van der Waals surface area contributed by atoms with E-state index in [0.29, 0.717) is 0 Å². The Hall–Kier alpha value is 0.556. The molecule has 0 amide bonds. The van der Waals surface area contributed by atoms with Gasteiger partial charge in [0.15, 0.2) is 0 Å². The standard InChI is InChI=1S/Mg.H2O4S.2H2O/c;1-5(2,3)4;;/h;(H2,1,2,3,4);2*1H2. The van der Waals surface area contributed by atoms with Crippen LogP contribution in [0, 0.1) is 0 Å². The third-order valence-corrected chi connectivity index (χ3v) is 0. The first-order valence-corrected chi connectivity index (χ1v) is 2.10. The zero-order valence-corrected chi connectivity index (χ0v) is 6.06. The van der Waals surface area contributed by atoms with E-state index in [-0.39, 0.29) is 34.0 Å². The van der Waals surface area contributed by atoms with Gasteiger partial charge in [-0.05, 0) is 0 Å². The van der Waals surface area contributed by atoms with Gasteiger partial charge in [-0.3, -0.25) is 9.11 Å². The average molecular weight is 158 g/mol. The monoisotopic (exact) mass is 158 g/mol. The summed E-state index contributed by atoms with van der Waals surface area (Å²) in [6.45, 7) is 0. The Morgan fingerprint density at radius 3 is 1.00 bits per heavy atom. The fourth-order valence-electron chi connectivity index (χ4n) is 0. The lowest BCUT2D eigenvalue weighted by Gasteiger charge is -1.68. The van der Waals surface area contributed by atoms with Crippen LogP contribution in [-0.4, -0.2) is 51.5 Å². The fraction of sp³-hybridized carbons (Fsp3) is 0. The van der Waals surface area contributed by atoms with Crippen LogP contribution in [0.4, 0.5) is 0 Å². The molecule has 0 aliphatic heterocycles. The molecule has 0 aromatic rings. The van der Waals surface area contributed by atoms with Crippen LogP contribution in [-0.2, 0) is 10.4 Å². The lowest BCUT2D eigenvalue weighted by atomic mass is 15.8. The summed E-state index contributed by atoms with van der Waals surface area (Å²) in [5, 5.41) is 0. The molecule has 0 heterocycles. The summed E-state index contributed by atoms with van der Waals surface area (Å²) in [6.07, 6.45) is 0. The van der Waals surface area contributed by atoms with E-state index in [1.165, 1.54) is 0 Å². The second-order valence-corrected chi connectivity index (χ2v) is 1.34. The molecule has 8 heavy (non-hydrogen) atoms. The first-order valence-electron chi connectivity index (χ1n) is 0.698. The van der Waals surface area contributed by atoms with Gasteiger partial charge in [-0.15, -0.1) is 0 Å². The zero-order valence-electron chi connectivity index (χ0n) is 3.83. The van der Waals surface area contributed by atoms with Gasteiger partial charge in [-0.2, -0.15) is 8.42 Å². The van der Waals surface area contributed by atoms with Crippen molar-refractivity contribution in [2.75, 3.05) is 0 Å². The number of hydrogen-bond acceptors (Lipinski definition) is 2. The highest BCUT2D eigenvalue weighted by atomic mass is 32.3. The molecule has 0 unspecified atom stereocenters. The SMILES string of the molecule is O.O.O=S(=O)(O)O.[Mg]. The van der Waals surface area contributed by atoms with Gasteiger partial charge in [-0.1, -0.05) is 0 Å². The highest BCUT2D eigenvalue weighted by Crippen LogP contribution is 1.59. The molecule has 8 heteroatoms. The zero-order chi connectivity index (χ0) is 4.50. The summed E-state index contributed by atoms with van der Waals surface area (Å²) >= 11 is 0. The van der Waals surface area contributed by atoms with Gasteiger partial charge in [0.25, 0.3) is 0 Å². The molecule has 0 rings (SSSR count). The van der Waals surface area contributed by atoms with Gasteiger partial charge >= 0.3 is 10.4 Å². The van der Waals surface area contributed by atoms with Crippen molar-refractivity contribution in [2.45, 2.75) is 0 Å². The lowest BCUT2D eigenvalue weighted by Crippen LogP contribution is -1.89. The predicted octanol–water partition coefficient (Wildman–Crippen LogP) is -2.68. The molecule has 0 atom stereocenters. The molecule has 0 saturated carbocycles. The molecule has 0 bridgehead atoms. The largest absolute Gasteiger partial charge is 0.412 e. The Balaban J connectivity index is -0.0000000267. The summed E-state index contributed by atoms with van der Waals surface area (Å²) in [6, 6.07) is 0. The minimum atomic E-state index is -4.67. The maximum Gasteiger partial charge on any atom is 0.394 e. The van der Waals surface area contributed by atoms with Crippen molar-refractivity contribution < 1.29 is 28.5 Å². The molecule has 0 saturated heterocycles. The Labute approximate surface area is 62.2 Å². The van der Waals surface area contributed by atoms with Gasteiger partial charge in [0, 0.05) is 23.1 Å². The van der Waals surface area contributed by atoms with E-state index in [1.54, 1.807) is 0 Å². The summed E-state index contributed by atoms with van der Waals surface area (Å²) in [5.74, 6) is 0. The topological polar surface area (TPSA) is 138 Å². The third-order valence-electron chi connectivity index (χ3n) is 0. The maximum atomic E-state index is 8.74. The molecule has 0 aliphatic carbocycles.